The molecule has 13 heteroatoms. The molecule has 11 N–H and O–H groups in total. The number of aliphatic hydroxyl groups is 1. The second-order valence-corrected chi connectivity index (χ2v) is 8.62. The molecular weight excluding hydrogens is 470 g/mol. The van der Waals surface area contributed by atoms with Crippen LogP contribution in [0, 0.1) is 5.92 Å². The van der Waals surface area contributed by atoms with E-state index in [-0.39, 0.29) is 37.7 Å². The summed E-state index contributed by atoms with van der Waals surface area (Å²) in [4.78, 5) is 53.3. The van der Waals surface area contributed by atoms with Gasteiger partial charge in [-0.3, -0.25) is 19.4 Å². The normalized spacial score (nSPS) is 14.1. The van der Waals surface area contributed by atoms with Gasteiger partial charge in [-0.1, -0.05) is 44.2 Å². The number of carboxylic acids is 1. The number of carbonyl (C=O) groups is 4. The zero-order chi connectivity index (χ0) is 27.3. The first-order valence-corrected chi connectivity index (χ1v) is 11.6. The molecule has 1 aromatic carbocycles. The van der Waals surface area contributed by atoms with Crippen molar-refractivity contribution in [1.82, 2.24) is 16.0 Å². The van der Waals surface area contributed by atoms with E-state index in [2.05, 4.69) is 20.9 Å². The maximum Gasteiger partial charge on any atom is 0.326 e. The van der Waals surface area contributed by atoms with Gasteiger partial charge in [0.05, 0.1) is 12.6 Å². The molecule has 0 aliphatic carbocycles. The van der Waals surface area contributed by atoms with E-state index in [0.29, 0.717) is 0 Å². The largest absolute Gasteiger partial charge is 0.480 e. The number of benzene rings is 1. The van der Waals surface area contributed by atoms with Crippen molar-refractivity contribution in [1.29, 1.82) is 0 Å². The maximum absolute atomic E-state index is 12.9. The molecule has 4 atom stereocenters. The number of aliphatic imine (C=N–C) groups is 1. The molecule has 200 valence electrons. The number of hydrogen-bond acceptors (Lipinski definition) is 7. The molecule has 0 bridgehead atoms. The lowest BCUT2D eigenvalue weighted by atomic mass is 10.0. The third-order valence-electron chi connectivity index (χ3n) is 5.26. The molecule has 0 saturated carbocycles. The molecule has 36 heavy (non-hydrogen) atoms. The molecule has 0 radical (unpaired) electrons. The fourth-order valence-electron chi connectivity index (χ4n) is 3.24. The van der Waals surface area contributed by atoms with Gasteiger partial charge in [-0.05, 0) is 30.7 Å². The predicted molar refractivity (Wildman–Crippen MR) is 133 cm³/mol. The summed E-state index contributed by atoms with van der Waals surface area (Å²) in [5.41, 5.74) is 17.3. The Hall–Kier alpha value is -3.71. The van der Waals surface area contributed by atoms with Crippen molar-refractivity contribution in [3.63, 3.8) is 0 Å². The summed E-state index contributed by atoms with van der Waals surface area (Å²) in [6.45, 7) is 2.77. The van der Waals surface area contributed by atoms with E-state index < -0.39 is 54.5 Å². The molecule has 0 aliphatic rings. The van der Waals surface area contributed by atoms with E-state index in [0.717, 1.165) is 5.56 Å². The Morgan fingerprint density at radius 2 is 1.56 bits per heavy atom. The van der Waals surface area contributed by atoms with E-state index in [1.165, 1.54) is 0 Å². The number of carboxylic acid groups (broad SMARTS) is 1. The van der Waals surface area contributed by atoms with Crippen molar-refractivity contribution in [3.8, 4) is 0 Å². The summed E-state index contributed by atoms with van der Waals surface area (Å²) in [5, 5.41) is 26.3. The standard InChI is InChI=1S/C23H37N7O6/c1-13(2)18(30-19(32)15(24)11-14-7-4-3-5-8-14)21(34)29-17(12-31)20(33)28-16(22(35)36)9-6-10-27-23(25)26/h3-5,7-8,13,15-18,31H,6,9-12,24H2,1-2H3,(H,28,33)(H,29,34)(H,30,32)(H,35,36)(H4,25,26,27). The SMILES string of the molecule is CC(C)C(NC(=O)C(N)Cc1ccccc1)C(=O)NC(CO)C(=O)NC(CCCN=C(N)N)C(=O)O. The van der Waals surface area contributed by atoms with Crippen LogP contribution in [0.1, 0.15) is 32.3 Å². The summed E-state index contributed by atoms with van der Waals surface area (Å²) in [6.07, 6.45) is 0.560. The third kappa shape index (κ3) is 10.7. The van der Waals surface area contributed by atoms with E-state index in [9.17, 15) is 29.4 Å². The first-order chi connectivity index (χ1) is 17.0. The van der Waals surface area contributed by atoms with Gasteiger partial charge in [-0.15, -0.1) is 0 Å². The van der Waals surface area contributed by atoms with E-state index in [1.54, 1.807) is 13.8 Å². The molecule has 0 fully saturated rings. The monoisotopic (exact) mass is 507 g/mol. The second-order valence-electron chi connectivity index (χ2n) is 8.62. The number of nitrogens with two attached hydrogens (primary N) is 3. The minimum Gasteiger partial charge on any atom is -0.480 e. The Morgan fingerprint density at radius 1 is 0.944 bits per heavy atom. The first-order valence-electron chi connectivity index (χ1n) is 11.6. The Morgan fingerprint density at radius 3 is 2.08 bits per heavy atom. The highest BCUT2D eigenvalue weighted by molar-refractivity contribution is 5.94. The van der Waals surface area contributed by atoms with Gasteiger partial charge in [0.1, 0.15) is 18.1 Å². The summed E-state index contributed by atoms with van der Waals surface area (Å²) in [6, 6.07) is 4.47. The summed E-state index contributed by atoms with van der Waals surface area (Å²) >= 11 is 0. The number of hydrogen-bond donors (Lipinski definition) is 8. The van der Waals surface area contributed by atoms with Crippen LogP contribution < -0.4 is 33.2 Å². The number of aliphatic hydroxyl groups excluding tert-OH is 1. The number of carbonyl (C=O) groups excluding carboxylic acids is 3. The third-order valence-corrected chi connectivity index (χ3v) is 5.26. The van der Waals surface area contributed by atoms with Crippen molar-refractivity contribution in [2.45, 2.75) is 57.3 Å². The van der Waals surface area contributed by atoms with Crippen molar-refractivity contribution in [2.24, 2.45) is 28.1 Å². The van der Waals surface area contributed by atoms with Crippen molar-refractivity contribution in [3.05, 3.63) is 35.9 Å². The first kappa shape index (κ1) is 30.3. The van der Waals surface area contributed by atoms with Crippen molar-refractivity contribution in [2.75, 3.05) is 13.2 Å². The van der Waals surface area contributed by atoms with Gasteiger partial charge >= 0.3 is 5.97 Å². The minimum atomic E-state index is -1.44. The van der Waals surface area contributed by atoms with Gasteiger partial charge in [0.25, 0.3) is 0 Å². The van der Waals surface area contributed by atoms with E-state index >= 15 is 0 Å². The Balaban J connectivity index is 2.76. The number of amides is 3. The topological polar surface area (TPSA) is 235 Å². The average Bonchev–Trinajstić information content (AvgIpc) is 2.82. The number of nitrogens with one attached hydrogen (secondary N) is 3. The average molecular weight is 508 g/mol. The zero-order valence-electron chi connectivity index (χ0n) is 20.5. The molecule has 0 spiro atoms. The lowest BCUT2D eigenvalue weighted by molar-refractivity contribution is -0.142. The van der Waals surface area contributed by atoms with Crippen LogP contribution in [0.3, 0.4) is 0 Å². The van der Waals surface area contributed by atoms with Crippen LogP contribution in [0.15, 0.2) is 35.3 Å². The van der Waals surface area contributed by atoms with Gasteiger partial charge < -0.3 is 43.4 Å². The Bertz CT molecular complexity index is 905. The molecule has 0 heterocycles. The van der Waals surface area contributed by atoms with Gasteiger partial charge in [-0.2, -0.15) is 0 Å². The number of rotatable bonds is 15. The quantitative estimate of drug-likeness (QED) is 0.0729. The van der Waals surface area contributed by atoms with Gasteiger partial charge in [0, 0.05) is 6.54 Å². The minimum absolute atomic E-state index is 0.0218. The molecule has 0 aromatic heterocycles. The second kappa shape index (κ2) is 15.3. The van der Waals surface area contributed by atoms with Crippen molar-refractivity contribution >= 4 is 29.7 Å². The van der Waals surface area contributed by atoms with Crippen LogP contribution in [0.5, 0.6) is 0 Å². The van der Waals surface area contributed by atoms with Crippen LogP contribution in [0.2, 0.25) is 0 Å². The Labute approximate surface area is 209 Å². The van der Waals surface area contributed by atoms with E-state index in [1.807, 2.05) is 30.3 Å². The van der Waals surface area contributed by atoms with Crippen LogP contribution in [0.4, 0.5) is 0 Å². The summed E-state index contributed by atoms with van der Waals surface area (Å²) < 4.78 is 0. The molecule has 1 aromatic rings. The van der Waals surface area contributed by atoms with Gasteiger partial charge in [0.15, 0.2) is 5.96 Å². The molecule has 3 amide bonds. The lowest BCUT2D eigenvalue weighted by Gasteiger charge is -2.26. The summed E-state index contributed by atoms with van der Waals surface area (Å²) in [5.74, 6) is -3.97. The lowest BCUT2D eigenvalue weighted by Crippen LogP contribution is -2.59. The maximum atomic E-state index is 12.9. The molecule has 0 saturated heterocycles. The highest BCUT2D eigenvalue weighted by atomic mass is 16.4. The summed E-state index contributed by atoms with van der Waals surface area (Å²) in [7, 11) is 0. The zero-order valence-corrected chi connectivity index (χ0v) is 20.5. The molecule has 4 unspecified atom stereocenters. The fraction of sp³-hybridized carbons (Fsp3) is 0.522. The number of guanidine groups is 1. The number of nitrogens with zero attached hydrogens (tertiary/aromatic N) is 1. The van der Waals surface area contributed by atoms with Crippen LogP contribution >= 0.6 is 0 Å². The highest BCUT2D eigenvalue weighted by Crippen LogP contribution is 2.06. The Kier molecular flexibility index (Phi) is 12.9. The van der Waals surface area contributed by atoms with Gasteiger partial charge in [0.2, 0.25) is 17.7 Å². The van der Waals surface area contributed by atoms with E-state index in [4.69, 9.17) is 17.2 Å². The molecular formula is C23H37N7O6. The highest BCUT2D eigenvalue weighted by Gasteiger charge is 2.31. The molecule has 13 nitrogen and oxygen atoms in total. The number of aliphatic carboxylic acids is 1. The van der Waals surface area contributed by atoms with Crippen molar-refractivity contribution < 1.29 is 29.4 Å². The fourth-order valence-corrected chi connectivity index (χ4v) is 3.24. The van der Waals surface area contributed by atoms with Crippen LogP contribution in [-0.2, 0) is 25.6 Å². The van der Waals surface area contributed by atoms with Gasteiger partial charge in [-0.25, -0.2) is 4.79 Å². The smallest absolute Gasteiger partial charge is 0.326 e. The predicted octanol–water partition coefficient (Wildman–Crippen LogP) is -2.20. The van der Waals surface area contributed by atoms with Crippen LogP contribution in [-0.4, -0.2) is 77.2 Å². The van der Waals surface area contributed by atoms with Crippen LogP contribution in [0.25, 0.3) is 0 Å². The molecule has 1 rings (SSSR count). The molecule has 0 aliphatic heterocycles.